The van der Waals surface area contributed by atoms with Crippen LogP contribution < -0.4 is 4.80 Å². The summed E-state index contributed by atoms with van der Waals surface area (Å²) in [5.41, 5.74) is 4.47. The van der Waals surface area contributed by atoms with E-state index in [0.717, 1.165) is 29.1 Å². The van der Waals surface area contributed by atoms with E-state index in [1.165, 1.54) is 11.3 Å². The van der Waals surface area contributed by atoms with E-state index in [1.807, 2.05) is 54.7 Å². The molecule has 2 aromatic heterocycles. The highest BCUT2D eigenvalue weighted by Crippen LogP contribution is 2.21. The Labute approximate surface area is 157 Å². The molecule has 0 aliphatic rings. The van der Waals surface area contributed by atoms with Crippen molar-refractivity contribution in [2.45, 2.75) is 13.0 Å². The number of benzene rings is 2. The third-order valence-corrected chi connectivity index (χ3v) is 5.03. The summed E-state index contributed by atoms with van der Waals surface area (Å²) >= 11 is 1.68. The lowest BCUT2D eigenvalue weighted by molar-refractivity contribution is 0.674. The van der Waals surface area contributed by atoms with Crippen molar-refractivity contribution in [3.05, 3.63) is 101 Å². The molecule has 0 aliphatic heterocycles. The molecule has 0 radical (unpaired) electrons. The lowest BCUT2D eigenvalue weighted by atomic mass is 10.1. The van der Waals surface area contributed by atoms with E-state index < -0.39 is 0 Å². The molecule has 128 valence electrons. The van der Waals surface area contributed by atoms with Crippen LogP contribution in [0.3, 0.4) is 0 Å². The zero-order valence-corrected chi connectivity index (χ0v) is 15.1. The van der Waals surface area contributed by atoms with Crippen LogP contribution in [-0.2, 0) is 13.0 Å². The van der Waals surface area contributed by atoms with Gasteiger partial charge < -0.3 is 4.57 Å². The van der Waals surface area contributed by atoms with Gasteiger partial charge in [0.15, 0.2) is 4.80 Å². The van der Waals surface area contributed by atoms with Crippen LogP contribution in [0, 0.1) is 0 Å². The fourth-order valence-electron chi connectivity index (χ4n) is 2.86. The summed E-state index contributed by atoms with van der Waals surface area (Å²) in [6.45, 7) is 0.844. The predicted molar refractivity (Wildman–Crippen MR) is 107 cm³/mol. The van der Waals surface area contributed by atoms with E-state index in [-0.39, 0.29) is 0 Å². The number of thiazole rings is 1. The Morgan fingerprint density at radius 1 is 0.846 bits per heavy atom. The molecule has 4 rings (SSSR count). The third kappa shape index (κ3) is 3.81. The van der Waals surface area contributed by atoms with Gasteiger partial charge in [-0.2, -0.15) is 0 Å². The Hall–Kier alpha value is -2.98. The average molecular weight is 357 g/mol. The maximum absolute atomic E-state index is 4.86. The minimum atomic E-state index is 0.844. The van der Waals surface area contributed by atoms with Gasteiger partial charge in [0.1, 0.15) is 0 Å². The van der Waals surface area contributed by atoms with Crippen LogP contribution in [-0.4, -0.2) is 9.55 Å². The van der Waals surface area contributed by atoms with E-state index in [0.29, 0.717) is 0 Å². The first-order valence-electron chi connectivity index (χ1n) is 8.63. The normalized spacial score (nSPS) is 11.6. The van der Waals surface area contributed by atoms with Crippen LogP contribution >= 0.6 is 11.3 Å². The van der Waals surface area contributed by atoms with Crippen molar-refractivity contribution >= 4 is 17.0 Å². The smallest absolute Gasteiger partial charge is 0.190 e. The van der Waals surface area contributed by atoms with Crippen LogP contribution in [0.4, 0.5) is 5.69 Å². The van der Waals surface area contributed by atoms with Gasteiger partial charge in [-0.15, -0.1) is 11.3 Å². The van der Waals surface area contributed by atoms with Crippen LogP contribution in [0.15, 0.2) is 95.4 Å². The first-order valence-corrected chi connectivity index (χ1v) is 9.51. The summed E-state index contributed by atoms with van der Waals surface area (Å²) in [4.78, 5) is 10.3. The van der Waals surface area contributed by atoms with Crippen LogP contribution in [0.5, 0.6) is 0 Å². The molecule has 0 saturated heterocycles. The summed E-state index contributed by atoms with van der Waals surface area (Å²) in [5, 5.41) is 2.19. The highest BCUT2D eigenvalue weighted by Gasteiger charge is 2.08. The largest absolute Gasteiger partial charge is 0.316 e. The molecule has 0 bridgehead atoms. The van der Waals surface area contributed by atoms with Gasteiger partial charge >= 0.3 is 0 Å². The summed E-state index contributed by atoms with van der Waals surface area (Å²) in [5.74, 6) is 0. The highest BCUT2D eigenvalue weighted by molar-refractivity contribution is 7.07. The number of rotatable bonds is 5. The standard InChI is InChI=1S/C22H19N3S/c1-3-9-18(10-4-1)21-17-26-22(24-20-12-5-2-6-13-20)25(21)16-14-19-11-7-8-15-23-19/h1-13,15,17H,14,16H2. The fraction of sp³-hybridized carbons (Fsp3) is 0.0909. The molecule has 0 spiro atoms. The Balaban J connectivity index is 1.75. The van der Waals surface area contributed by atoms with Crippen molar-refractivity contribution in [2.24, 2.45) is 4.99 Å². The van der Waals surface area contributed by atoms with Crippen molar-refractivity contribution in [1.82, 2.24) is 9.55 Å². The Kier molecular flexibility index (Phi) is 5.03. The topological polar surface area (TPSA) is 30.2 Å². The molecule has 0 N–H and O–H groups in total. The fourth-order valence-corrected chi connectivity index (χ4v) is 3.82. The molecular weight excluding hydrogens is 338 g/mol. The number of pyridine rings is 1. The van der Waals surface area contributed by atoms with E-state index in [4.69, 9.17) is 4.99 Å². The van der Waals surface area contributed by atoms with Gasteiger partial charge in [0.25, 0.3) is 0 Å². The van der Waals surface area contributed by atoms with Crippen LogP contribution in [0.2, 0.25) is 0 Å². The summed E-state index contributed by atoms with van der Waals surface area (Å²) in [6.07, 6.45) is 2.72. The van der Waals surface area contributed by atoms with Crippen molar-refractivity contribution < 1.29 is 0 Å². The molecule has 26 heavy (non-hydrogen) atoms. The number of hydrogen-bond donors (Lipinski definition) is 0. The number of hydrogen-bond acceptors (Lipinski definition) is 3. The number of aryl methyl sites for hydroxylation is 1. The molecule has 2 aromatic carbocycles. The summed E-state index contributed by atoms with van der Waals surface area (Å²) in [6, 6.07) is 26.7. The molecule has 0 unspecified atom stereocenters. The van der Waals surface area contributed by atoms with Gasteiger partial charge in [-0.1, -0.05) is 54.6 Å². The Bertz CT molecular complexity index is 1020. The number of para-hydroxylation sites is 1. The molecule has 4 aromatic rings. The summed E-state index contributed by atoms with van der Waals surface area (Å²) in [7, 11) is 0. The molecular formula is C22H19N3S. The molecule has 4 heteroatoms. The lowest BCUT2D eigenvalue weighted by Gasteiger charge is -2.09. The van der Waals surface area contributed by atoms with Crippen molar-refractivity contribution in [3.63, 3.8) is 0 Å². The second-order valence-corrected chi connectivity index (χ2v) is 6.78. The average Bonchev–Trinajstić information content (AvgIpc) is 3.11. The Morgan fingerprint density at radius 3 is 2.31 bits per heavy atom. The second-order valence-electron chi connectivity index (χ2n) is 5.94. The SMILES string of the molecule is c1ccc(N=c2scc(-c3ccccc3)n2CCc2ccccn2)cc1. The summed E-state index contributed by atoms with van der Waals surface area (Å²) < 4.78 is 2.29. The monoisotopic (exact) mass is 357 g/mol. The molecule has 0 aliphatic carbocycles. The molecule has 2 heterocycles. The van der Waals surface area contributed by atoms with Crippen molar-refractivity contribution in [1.29, 1.82) is 0 Å². The Morgan fingerprint density at radius 2 is 1.58 bits per heavy atom. The molecule has 0 fully saturated rings. The zero-order chi connectivity index (χ0) is 17.6. The zero-order valence-electron chi connectivity index (χ0n) is 14.3. The number of nitrogens with zero attached hydrogens (tertiary/aromatic N) is 3. The maximum Gasteiger partial charge on any atom is 0.190 e. The third-order valence-electron chi connectivity index (χ3n) is 4.17. The molecule has 3 nitrogen and oxygen atoms in total. The van der Waals surface area contributed by atoms with Gasteiger partial charge in [0.2, 0.25) is 0 Å². The minimum absolute atomic E-state index is 0.844. The van der Waals surface area contributed by atoms with Gasteiger partial charge in [-0.05, 0) is 29.8 Å². The van der Waals surface area contributed by atoms with E-state index in [9.17, 15) is 0 Å². The van der Waals surface area contributed by atoms with Gasteiger partial charge in [-0.3, -0.25) is 4.98 Å². The molecule has 0 atom stereocenters. The van der Waals surface area contributed by atoms with E-state index in [2.05, 4.69) is 45.3 Å². The van der Waals surface area contributed by atoms with E-state index in [1.54, 1.807) is 11.3 Å². The van der Waals surface area contributed by atoms with Crippen molar-refractivity contribution in [3.8, 4) is 11.3 Å². The first-order chi connectivity index (χ1) is 12.9. The van der Waals surface area contributed by atoms with Crippen LogP contribution in [0.25, 0.3) is 11.3 Å². The van der Waals surface area contributed by atoms with Gasteiger partial charge in [-0.25, -0.2) is 4.99 Å². The molecule has 0 amide bonds. The second kappa shape index (κ2) is 7.93. The highest BCUT2D eigenvalue weighted by atomic mass is 32.1. The van der Waals surface area contributed by atoms with E-state index >= 15 is 0 Å². The minimum Gasteiger partial charge on any atom is -0.316 e. The lowest BCUT2D eigenvalue weighted by Crippen LogP contribution is -2.17. The quantitative estimate of drug-likeness (QED) is 0.489. The first kappa shape index (κ1) is 16.5. The van der Waals surface area contributed by atoms with Gasteiger partial charge in [0.05, 0.1) is 11.4 Å². The van der Waals surface area contributed by atoms with Crippen molar-refractivity contribution in [2.75, 3.05) is 0 Å². The maximum atomic E-state index is 4.86. The molecule has 0 saturated carbocycles. The van der Waals surface area contributed by atoms with Crippen LogP contribution in [0.1, 0.15) is 5.69 Å². The predicted octanol–water partition coefficient (Wildman–Crippen LogP) is 5.09. The number of aromatic nitrogens is 2. The van der Waals surface area contributed by atoms with Gasteiger partial charge in [0, 0.05) is 30.2 Å².